The highest BCUT2D eigenvalue weighted by atomic mass is 32.2. The van der Waals surface area contributed by atoms with Crippen LogP contribution >= 0.6 is 11.8 Å². The zero-order valence-electron chi connectivity index (χ0n) is 9.31. The third kappa shape index (κ3) is 2.46. The molecule has 2 rings (SSSR count). The second kappa shape index (κ2) is 4.72. The molecule has 16 heavy (non-hydrogen) atoms. The van der Waals surface area contributed by atoms with Gasteiger partial charge in [0.1, 0.15) is 10.8 Å². The zero-order chi connectivity index (χ0) is 11.5. The first-order valence-electron chi connectivity index (χ1n) is 5.10. The molecule has 0 aliphatic heterocycles. The van der Waals surface area contributed by atoms with Gasteiger partial charge in [0.05, 0.1) is 11.2 Å². The van der Waals surface area contributed by atoms with Gasteiger partial charge in [-0.25, -0.2) is 4.98 Å². The number of aromatic nitrogens is 1. The first-order valence-corrected chi connectivity index (χ1v) is 5.92. The van der Waals surface area contributed by atoms with Crippen molar-refractivity contribution in [1.29, 1.82) is 0 Å². The molecule has 2 N–H and O–H groups in total. The molecule has 84 valence electrons. The van der Waals surface area contributed by atoms with E-state index in [1.807, 2.05) is 38.2 Å². The van der Waals surface area contributed by atoms with Gasteiger partial charge >= 0.3 is 0 Å². The van der Waals surface area contributed by atoms with Crippen molar-refractivity contribution >= 4 is 11.8 Å². The normalized spacial score (nSPS) is 12.7. The van der Waals surface area contributed by atoms with Crippen LogP contribution in [-0.2, 0) is 0 Å². The Labute approximate surface area is 99.1 Å². The number of hydrogen-bond donors (Lipinski definition) is 1. The molecule has 4 heteroatoms. The van der Waals surface area contributed by atoms with Crippen molar-refractivity contribution in [3.05, 3.63) is 42.0 Å². The fraction of sp³-hybridized carbons (Fsp3) is 0.250. The summed E-state index contributed by atoms with van der Waals surface area (Å²) in [7, 11) is 0. The number of furan rings is 1. The molecule has 2 heterocycles. The van der Waals surface area contributed by atoms with Crippen LogP contribution in [0.2, 0.25) is 0 Å². The van der Waals surface area contributed by atoms with Crippen LogP contribution in [0.4, 0.5) is 0 Å². The van der Waals surface area contributed by atoms with E-state index in [0.29, 0.717) is 0 Å². The Bertz CT molecular complexity index is 462. The molecule has 3 nitrogen and oxygen atoms in total. The van der Waals surface area contributed by atoms with E-state index in [0.717, 1.165) is 21.2 Å². The van der Waals surface area contributed by atoms with Crippen LogP contribution in [0.25, 0.3) is 0 Å². The lowest BCUT2D eigenvalue weighted by Gasteiger charge is -2.05. The van der Waals surface area contributed by atoms with Crippen LogP contribution in [0.5, 0.6) is 0 Å². The van der Waals surface area contributed by atoms with Crippen LogP contribution in [0.15, 0.2) is 45.0 Å². The molecule has 0 saturated heterocycles. The van der Waals surface area contributed by atoms with E-state index in [1.54, 1.807) is 18.0 Å². The van der Waals surface area contributed by atoms with Crippen LogP contribution in [0.3, 0.4) is 0 Å². The van der Waals surface area contributed by atoms with Crippen LogP contribution in [0.1, 0.15) is 24.3 Å². The second-order valence-electron chi connectivity index (χ2n) is 3.66. The van der Waals surface area contributed by atoms with Crippen molar-refractivity contribution in [2.45, 2.75) is 29.8 Å². The van der Waals surface area contributed by atoms with Gasteiger partial charge in [0, 0.05) is 12.2 Å². The average molecular weight is 234 g/mol. The van der Waals surface area contributed by atoms with Crippen LogP contribution in [0, 0.1) is 6.92 Å². The predicted molar refractivity (Wildman–Crippen MR) is 64.4 cm³/mol. The van der Waals surface area contributed by atoms with E-state index >= 15 is 0 Å². The molecule has 0 spiro atoms. The van der Waals surface area contributed by atoms with E-state index in [9.17, 15) is 0 Å². The molecule has 0 unspecified atom stereocenters. The number of nitrogens with two attached hydrogens (primary N) is 1. The molecular weight excluding hydrogens is 220 g/mol. The molecule has 0 aliphatic carbocycles. The van der Waals surface area contributed by atoms with Gasteiger partial charge in [0.2, 0.25) is 0 Å². The van der Waals surface area contributed by atoms with Crippen LogP contribution < -0.4 is 5.73 Å². The maximum Gasteiger partial charge on any atom is 0.114 e. The van der Waals surface area contributed by atoms with Crippen molar-refractivity contribution in [2.75, 3.05) is 0 Å². The van der Waals surface area contributed by atoms with Gasteiger partial charge in [-0.05, 0) is 31.5 Å². The Balaban J connectivity index is 2.14. The molecule has 0 radical (unpaired) electrons. The van der Waals surface area contributed by atoms with E-state index in [4.69, 9.17) is 10.2 Å². The summed E-state index contributed by atoms with van der Waals surface area (Å²) in [6.45, 7) is 3.89. The summed E-state index contributed by atoms with van der Waals surface area (Å²) in [4.78, 5) is 5.46. The minimum atomic E-state index is 0.0298. The summed E-state index contributed by atoms with van der Waals surface area (Å²) >= 11 is 1.60. The summed E-state index contributed by atoms with van der Waals surface area (Å²) in [5.74, 6) is 0.920. The van der Waals surface area contributed by atoms with Gasteiger partial charge in [-0.2, -0.15) is 0 Å². The molecule has 2 aromatic rings. The standard InChI is InChI=1S/C12H14N2OS/c1-8(13)10-3-4-12(14-7-10)16-11-5-6-15-9(11)2/h3-8H,13H2,1-2H3/t8-/m1/s1. The average Bonchev–Trinajstić information content (AvgIpc) is 2.65. The summed E-state index contributed by atoms with van der Waals surface area (Å²) < 4.78 is 5.23. The molecule has 0 fully saturated rings. The Morgan fingerprint density at radius 1 is 1.38 bits per heavy atom. The Morgan fingerprint density at radius 3 is 2.69 bits per heavy atom. The molecule has 0 bridgehead atoms. The molecule has 0 saturated carbocycles. The zero-order valence-corrected chi connectivity index (χ0v) is 10.1. The second-order valence-corrected chi connectivity index (χ2v) is 4.72. The molecule has 1 atom stereocenters. The lowest BCUT2D eigenvalue weighted by molar-refractivity contribution is 0.527. The number of hydrogen-bond acceptors (Lipinski definition) is 4. The topological polar surface area (TPSA) is 52.0 Å². The quantitative estimate of drug-likeness (QED) is 0.886. The SMILES string of the molecule is Cc1occc1Sc1ccc([C@@H](C)N)cn1. The van der Waals surface area contributed by atoms with Crippen molar-refractivity contribution in [1.82, 2.24) is 4.98 Å². The highest BCUT2D eigenvalue weighted by Gasteiger charge is 2.05. The van der Waals surface area contributed by atoms with Crippen molar-refractivity contribution < 1.29 is 4.42 Å². The summed E-state index contributed by atoms with van der Waals surface area (Å²) in [6, 6.07) is 5.97. The molecule has 0 aliphatic rings. The van der Waals surface area contributed by atoms with Gasteiger partial charge < -0.3 is 10.2 Å². The fourth-order valence-electron chi connectivity index (χ4n) is 1.31. The molecule has 0 amide bonds. The molecular formula is C12H14N2OS. The Hall–Kier alpha value is -1.26. The number of pyridine rings is 1. The predicted octanol–water partition coefficient (Wildman–Crippen LogP) is 3.15. The first-order chi connectivity index (χ1) is 7.66. The van der Waals surface area contributed by atoms with Crippen molar-refractivity contribution in [3.8, 4) is 0 Å². The Kier molecular flexibility index (Phi) is 3.31. The molecule has 0 aromatic carbocycles. The van der Waals surface area contributed by atoms with Gasteiger partial charge in [0.25, 0.3) is 0 Å². The third-order valence-electron chi connectivity index (χ3n) is 2.31. The van der Waals surface area contributed by atoms with Crippen LogP contribution in [-0.4, -0.2) is 4.98 Å². The summed E-state index contributed by atoms with van der Waals surface area (Å²) in [5, 5.41) is 0.953. The number of nitrogens with zero attached hydrogens (tertiary/aromatic N) is 1. The maximum absolute atomic E-state index is 5.76. The van der Waals surface area contributed by atoms with Crippen molar-refractivity contribution in [3.63, 3.8) is 0 Å². The largest absolute Gasteiger partial charge is 0.468 e. The number of rotatable bonds is 3. The first kappa shape index (κ1) is 11.2. The van der Waals surface area contributed by atoms with Gasteiger partial charge in [-0.1, -0.05) is 17.8 Å². The van der Waals surface area contributed by atoms with E-state index in [-0.39, 0.29) is 6.04 Å². The van der Waals surface area contributed by atoms with E-state index < -0.39 is 0 Å². The smallest absolute Gasteiger partial charge is 0.114 e. The summed E-state index contributed by atoms with van der Waals surface area (Å²) in [5.41, 5.74) is 6.81. The lowest BCUT2D eigenvalue weighted by Crippen LogP contribution is -2.04. The minimum Gasteiger partial charge on any atom is -0.468 e. The number of aryl methyl sites for hydroxylation is 1. The maximum atomic E-state index is 5.76. The van der Waals surface area contributed by atoms with E-state index in [2.05, 4.69) is 4.98 Å². The fourth-order valence-corrected chi connectivity index (χ4v) is 2.10. The minimum absolute atomic E-state index is 0.0298. The highest BCUT2D eigenvalue weighted by molar-refractivity contribution is 7.99. The van der Waals surface area contributed by atoms with Gasteiger partial charge in [-0.3, -0.25) is 0 Å². The van der Waals surface area contributed by atoms with Crippen molar-refractivity contribution in [2.24, 2.45) is 5.73 Å². The van der Waals surface area contributed by atoms with Gasteiger partial charge in [0.15, 0.2) is 0 Å². The van der Waals surface area contributed by atoms with Gasteiger partial charge in [-0.15, -0.1) is 0 Å². The van der Waals surface area contributed by atoms with E-state index in [1.165, 1.54) is 0 Å². The molecule has 2 aromatic heterocycles. The third-order valence-corrected chi connectivity index (χ3v) is 3.40. The highest BCUT2D eigenvalue weighted by Crippen LogP contribution is 2.29. The summed E-state index contributed by atoms with van der Waals surface area (Å²) in [6.07, 6.45) is 3.51. The monoisotopic (exact) mass is 234 g/mol. The Morgan fingerprint density at radius 2 is 2.19 bits per heavy atom. The lowest BCUT2D eigenvalue weighted by atomic mass is 10.2.